The molecule has 1 aliphatic carbocycles. The molecule has 2 aliphatic heterocycles. The lowest BCUT2D eigenvalue weighted by Gasteiger charge is -2.29. The first-order valence-electron chi connectivity index (χ1n) is 11.2. The summed E-state index contributed by atoms with van der Waals surface area (Å²) in [5.41, 5.74) is 3.94. The zero-order valence-corrected chi connectivity index (χ0v) is 17.5. The van der Waals surface area contributed by atoms with Crippen LogP contribution in [0.4, 0.5) is 11.4 Å². The van der Waals surface area contributed by atoms with Crippen LogP contribution >= 0.6 is 0 Å². The number of amides is 3. The predicted molar refractivity (Wildman–Crippen MR) is 119 cm³/mol. The van der Waals surface area contributed by atoms with Crippen LogP contribution in [0.1, 0.15) is 36.8 Å². The van der Waals surface area contributed by atoms with Crippen LogP contribution in [0.5, 0.6) is 0 Å². The summed E-state index contributed by atoms with van der Waals surface area (Å²) in [7, 11) is 0. The molecule has 0 unspecified atom stereocenters. The van der Waals surface area contributed by atoms with Crippen molar-refractivity contribution in [2.75, 3.05) is 22.9 Å². The number of carbonyl (C=O) groups excluding carboxylic acids is 3. The minimum atomic E-state index is -0.346. The Kier molecular flexibility index (Phi) is 5.22. The van der Waals surface area contributed by atoms with Crippen LogP contribution in [-0.4, -0.2) is 30.8 Å². The molecule has 2 aromatic carbocycles. The molecule has 31 heavy (non-hydrogen) atoms. The summed E-state index contributed by atoms with van der Waals surface area (Å²) >= 11 is 0. The molecule has 1 saturated heterocycles. The third kappa shape index (κ3) is 3.82. The highest BCUT2D eigenvalue weighted by Crippen LogP contribution is 2.37. The molecule has 3 aliphatic rings. The summed E-state index contributed by atoms with van der Waals surface area (Å²) in [4.78, 5) is 41.6. The van der Waals surface area contributed by atoms with Crippen molar-refractivity contribution in [2.45, 2.75) is 38.6 Å². The smallest absolute Gasteiger partial charge is 0.230 e. The van der Waals surface area contributed by atoms with Crippen molar-refractivity contribution >= 4 is 29.1 Å². The van der Waals surface area contributed by atoms with Gasteiger partial charge in [0.1, 0.15) is 0 Å². The number of hydrogen-bond donors (Lipinski definition) is 1. The van der Waals surface area contributed by atoms with E-state index in [0.29, 0.717) is 19.6 Å². The number of nitrogens with one attached hydrogen (secondary N) is 1. The predicted octanol–water partition coefficient (Wildman–Crippen LogP) is 3.05. The molecule has 1 N–H and O–H groups in total. The summed E-state index contributed by atoms with van der Waals surface area (Å²) < 4.78 is 0. The standard InChI is InChI=1S/C25H27N3O3/c29-23-14-20(24(30)26-15-17-5-2-1-3-6-17)16-28(23)21-9-10-22-19(13-21)11-12-27(22)25(31)18-7-4-8-18/h1-3,5-6,9-10,13,18,20H,4,7-8,11-12,14-16H2,(H,26,30)/t20-/m1/s1. The Bertz CT molecular complexity index is 1020. The van der Waals surface area contributed by atoms with E-state index in [4.69, 9.17) is 0 Å². The van der Waals surface area contributed by atoms with Gasteiger partial charge in [-0.15, -0.1) is 0 Å². The van der Waals surface area contributed by atoms with Gasteiger partial charge < -0.3 is 15.1 Å². The first kappa shape index (κ1) is 19.8. The van der Waals surface area contributed by atoms with Crippen molar-refractivity contribution in [3.8, 4) is 0 Å². The van der Waals surface area contributed by atoms with E-state index in [0.717, 1.165) is 48.2 Å². The molecule has 2 aromatic rings. The second kappa shape index (κ2) is 8.17. The fourth-order valence-electron chi connectivity index (χ4n) is 4.72. The first-order chi connectivity index (χ1) is 15.1. The number of nitrogens with zero attached hydrogens (tertiary/aromatic N) is 2. The van der Waals surface area contributed by atoms with Gasteiger partial charge in [-0.25, -0.2) is 0 Å². The van der Waals surface area contributed by atoms with E-state index < -0.39 is 0 Å². The molecule has 0 aromatic heterocycles. The normalized spacial score (nSPS) is 20.5. The van der Waals surface area contributed by atoms with Crippen LogP contribution in [0.15, 0.2) is 48.5 Å². The molecule has 1 saturated carbocycles. The molecule has 2 heterocycles. The van der Waals surface area contributed by atoms with E-state index in [2.05, 4.69) is 5.32 Å². The number of anilines is 2. The van der Waals surface area contributed by atoms with E-state index in [1.807, 2.05) is 53.4 Å². The van der Waals surface area contributed by atoms with E-state index in [9.17, 15) is 14.4 Å². The number of fused-ring (bicyclic) bond motifs is 1. The topological polar surface area (TPSA) is 69.7 Å². The van der Waals surface area contributed by atoms with Crippen LogP contribution in [0.2, 0.25) is 0 Å². The fraction of sp³-hybridized carbons (Fsp3) is 0.400. The maximum absolute atomic E-state index is 12.7. The molecule has 5 rings (SSSR count). The molecule has 0 spiro atoms. The first-order valence-corrected chi connectivity index (χ1v) is 11.2. The Hall–Kier alpha value is -3.15. The van der Waals surface area contributed by atoms with Crippen molar-refractivity contribution in [3.05, 3.63) is 59.7 Å². The van der Waals surface area contributed by atoms with Crippen molar-refractivity contribution in [2.24, 2.45) is 11.8 Å². The van der Waals surface area contributed by atoms with Gasteiger partial charge in [0.2, 0.25) is 17.7 Å². The quantitative estimate of drug-likeness (QED) is 0.813. The number of rotatable bonds is 5. The summed E-state index contributed by atoms with van der Waals surface area (Å²) in [6, 6.07) is 15.7. The van der Waals surface area contributed by atoms with Gasteiger partial charge in [-0.2, -0.15) is 0 Å². The van der Waals surface area contributed by atoms with Gasteiger partial charge in [0.05, 0.1) is 5.92 Å². The van der Waals surface area contributed by atoms with Crippen LogP contribution in [0, 0.1) is 11.8 Å². The van der Waals surface area contributed by atoms with Crippen LogP contribution < -0.4 is 15.1 Å². The van der Waals surface area contributed by atoms with E-state index in [1.165, 1.54) is 0 Å². The molecular formula is C25H27N3O3. The Balaban J connectivity index is 1.24. The highest BCUT2D eigenvalue weighted by Gasteiger charge is 2.37. The van der Waals surface area contributed by atoms with E-state index in [1.54, 1.807) is 4.90 Å². The Morgan fingerprint density at radius 1 is 1.03 bits per heavy atom. The number of benzene rings is 2. The lowest BCUT2D eigenvalue weighted by atomic mass is 9.84. The van der Waals surface area contributed by atoms with Gasteiger partial charge in [-0.3, -0.25) is 14.4 Å². The molecule has 3 amide bonds. The summed E-state index contributed by atoms with van der Waals surface area (Å²) in [5.74, 6) is -0.0365. The monoisotopic (exact) mass is 417 g/mol. The number of carbonyl (C=O) groups is 3. The van der Waals surface area contributed by atoms with Crippen molar-refractivity contribution in [3.63, 3.8) is 0 Å². The number of hydrogen-bond acceptors (Lipinski definition) is 3. The van der Waals surface area contributed by atoms with Crippen molar-refractivity contribution < 1.29 is 14.4 Å². The van der Waals surface area contributed by atoms with Gasteiger partial charge in [-0.05, 0) is 48.6 Å². The second-order valence-electron chi connectivity index (χ2n) is 8.79. The maximum Gasteiger partial charge on any atom is 0.230 e. The summed E-state index contributed by atoms with van der Waals surface area (Å²) in [5, 5.41) is 2.95. The van der Waals surface area contributed by atoms with Crippen LogP contribution in [0.25, 0.3) is 0 Å². The molecule has 0 bridgehead atoms. The van der Waals surface area contributed by atoms with Gasteiger partial charge in [0.15, 0.2) is 0 Å². The Labute approximate surface area is 182 Å². The minimum absolute atomic E-state index is 0.0276. The van der Waals surface area contributed by atoms with Gasteiger partial charge in [0, 0.05) is 43.3 Å². The fourth-order valence-corrected chi connectivity index (χ4v) is 4.72. The summed E-state index contributed by atoms with van der Waals surface area (Å²) in [6.45, 7) is 1.57. The average Bonchev–Trinajstić information content (AvgIpc) is 3.34. The lowest BCUT2D eigenvalue weighted by Crippen LogP contribution is -2.37. The lowest BCUT2D eigenvalue weighted by molar-refractivity contribution is -0.126. The van der Waals surface area contributed by atoms with Gasteiger partial charge in [0.25, 0.3) is 0 Å². The average molecular weight is 418 g/mol. The SMILES string of the molecule is O=C(NCc1ccccc1)[C@@H]1CC(=O)N(c2ccc3c(c2)CCN3C(=O)C2CCC2)C1. The Morgan fingerprint density at radius 3 is 2.58 bits per heavy atom. The zero-order valence-electron chi connectivity index (χ0n) is 17.5. The largest absolute Gasteiger partial charge is 0.352 e. The highest BCUT2D eigenvalue weighted by molar-refractivity contribution is 6.01. The van der Waals surface area contributed by atoms with Gasteiger partial charge in [-0.1, -0.05) is 36.8 Å². The molecule has 6 nitrogen and oxygen atoms in total. The van der Waals surface area contributed by atoms with E-state index in [-0.39, 0.29) is 36.0 Å². The molecule has 2 fully saturated rings. The van der Waals surface area contributed by atoms with Crippen molar-refractivity contribution in [1.29, 1.82) is 0 Å². The maximum atomic E-state index is 12.7. The van der Waals surface area contributed by atoms with Crippen molar-refractivity contribution in [1.82, 2.24) is 5.32 Å². The highest BCUT2D eigenvalue weighted by atomic mass is 16.2. The molecular weight excluding hydrogens is 390 g/mol. The molecule has 6 heteroatoms. The van der Waals surface area contributed by atoms with Crippen LogP contribution in [0.3, 0.4) is 0 Å². The third-order valence-corrected chi connectivity index (χ3v) is 6.80. The minimum Gasteiger partial charge on any atom is -0.352 e. The van der Waals surface area contributed by atoms with Crippen LogP contribution in [-0.2, 0) is 27.3 Å². The summed E-state index contributed by atoms with van der Waals surface area (Å²) in [6.07, 6.45) is 4.18. The second-order valence-corrected chi connectivity index (χ2v) is 8.79. The van der Waals surface area contributed by atoms with E-state index >= 15 is 0 Å². The zero-order chi connectivity index (χ0) is 21.4. The molecule has 1 atom stereocenters. The Morgan fingerprint density at radius 2 is 1.84 bits per heavy atom. The molecule has 160 valence electrons. The van der Waals surface area contributed by atoms with Gasteiger partial charge >= 0.3 is 0 Å². The third-order valence-electron chi connectivity index (χ3n) is 6.80. The molecule has 0 radical (unpaired) electrons.